The van der Waals surface area contributed by atoms with Crippen LogP contribution >= 0.6 is 0 Å². The Morgan fingerprint density at radius 3 is 2.69 bits per heavy atom. The highest BCUT2D eigenvalue weighted by molar-refractivity contribution is 5.84. The van der Waals surface area contributed by atoms with Crippen LogP contribution in [0.25, 0.3) is 0 Å². The number of aromatic nitrogens is 1. The molecule has 1 rings (SSSR count). The molecule has 0 aliphatic carbocycles. The largest absolute Gasteiger partial charge is 0.299 e. The van der Waals surface area contributed by atoms with Crippen LogP contribution in [0.15, 0.2) is 18.3 Å². The number of aryl methyl sites for hydroxylation is 1. The minimum absolute atomic E-state index is 0.0156. The first-order chi connectivity index (χ1) is 6.15. The Bertz CT molecular complexity index is 289. The molecule has 2 nitrogen and oxygen atoms in total. The lowest BCUT2D eigenvalue weighted by Gasteiger charge is -2.08. The summed E-state index contributed by atoms with van der Waals surface area (Å²) in [5.74, 6) is 0.253. The molecule has 1 heterocycles. The highest BCUT2D eigenvalue weighted by Gasteiger charge is 2.12. The summed E-state index contributed by atoms with van der Waals surface area (Å²) >= 11 is 0. The van der Waals surface area contributed by atoms with E-state index in [1.165, 1.54) is 0 Å². The lowest BCUT2D eigenvalue weighted by molar-refractivity contribution is -0.119. The van der Waals surface area contributed by atoms with Crippen molar-refractivity contribution in [3.8, 4) is 0 Å². The molecule has 0 saturated carbocycles. The van der Waals surface area contributed by atoms with E-state index in [1.54, 1.807) is 6.20 Å². The number of Topliss-reactive ketones (excluding diaryl/α,β-unsaturated/α-hetero) is 1. The van der Waals surface area contributed by atoms with Gasteiger partial charge in [-0.05, 0) is 18.6 Å². The molecule has 13 heavy (non-hydrogen) atoms. The van der Waals surface area contributed by atoms with Crippen LogP contribution in [-0.4, -0.2) is 10.8 Å². The molecule has 0 aliphatic rings. The molecule has 2 heteroatoms. The Balaban J connectivity index is 2.83. The Labute approximate surface area is 79.0 Å². The van der Waals surface area contributed by atoms with Crippen LogP contribution in [0.4, 0.5) is 0 Å². The van der Waals surface area contributed by atoms with Crippen molar-refractivity contribution in [2.24, 2.45) is 0 Å². The maximum Gasteiger partial charge on any atom is 0.139 e. The summed E-state index contributed by atoms with van der Waals surface area (Å²) in [5, 5.41) is 0. The molecule has 0 aliphatic heterocycles. The van der Waals surface area contributed by atoms with Gasteiger partial charge in [-0.2, -0.15) is 0 Å². The van der Waals surface area contributed by atoms with E-state index < -0.39 is 0 Å². The molecule has 1 aromatic rings. The number of hydrogen-bond donors (Lipinski definition) is 0. The van der Waals surface area contributed by atoms with Gasteiger partial charge in [-0.3, -0.25) is 9.78 Å². The Morgan fingerprint density at radius 1 is 1.54 bits per heavy atom. The van der Waals surface area contributed by atoms with Crippen molar-refractivity contribution in [1.82, 2.24) is 4.98 Å². The number of pyridine rings is 1. The summed E-state index contributed by atoms with van der Waals surface area (Å²) in [6.45, 7) is 5.76. The van der Waals surface area contributed by atoms with E-state index in [-0.39, 0.29) is 11.7 Å². The van der Waals surface area contributed by atoms with Gasteiger partial charge in [0.05, 0.1) is 0 Å². The second-order valence-corrected chi connectivity index (χ2v) is 3.27. The van der Waals surface area contributed by atoms with Crippen LogP contribution in [0.2, 0.25) is 0 Å². The fraction of sp³-hybridized carbons (Fsp3) is 0.455. The van der Waals surface area contributed by atoms with Crippen molar-refractivity contribution in [3.63, 3.8) is 0 Å². The monoisotopic (exact) mass is 177 g/mol. The van der Waals surface area contributed by atoms with Gasteiger partial charge >= 0.3 is 0 Å². The van der Waals surface area contributed by atoms with Gasteiger partial charge < -0.3 is 0 Å². The van der Waals surface area contributed by atoms with E-state index in [1.807, 2.05) is 32.9 Å². The summed E-state index contributed by atoms with van der Waals surface area (Å²) in [7, 11) is 0. The van der Waals surface area contributed by atoms with Crippen molar-refractivity contribution in [3.05, 3.63) is 29.6 Å². The smallest absolute Gasteiger partial charge is 0.139 e. The number of carbonyl (C=O) groups excluding carboxylic acids is 1. The van der Waals surface area contributed by atoms with Gasteiger partial charge in [0.15, 0.2) is 0 Å². The third-order valence-corrected chi connectivity index (χ3v) is 2.27. The molecular weight excluding hydrogens is 162 g/mol. The van der Waals surface area contributed by atoms with Crippen LogP contribution in [-0.2, 0) is 4.79 Å². The summed E-state index contributed by atoms with van der Waals surface area (Å²) in [6.07, 6.45) is 2.38. The second-order valence-electron chi connectivity index (χ2n) is 3.27. The number of carbonyl (C=O) groups is 1. The third kappa shape index (κ3) is 2.38. The SMILES string of the molecule is CCC(=O)C(C)c1ccc(C)nc1. The Kier molecular flexibility index (Phi) is 3.18. The van der Waals surface area contributed by atoms with Crippen molar-refractivity contribution in [2.45, 2.75) is 33.1 Å². The molecule has 1 unspecified atom stereocenters. The number of hydrogen-bond acceptors (Lipinski definition) is 2. The van der Waals surface area contributed by atoms with Gasteiger partial charge in [0.25, 0.3) is 0 Å². The van der Waals surface area contributed by atoms with E-state index in [9.17, 15) is 4.79 Å². The topological polar surface area (TPSA) is 30.0 Å². The first-order valence-corrected chi connectivity index (χ1v) is 4.60. The highest BCUT2D eigenvalue weighted by Crippen LogP contribution is 2.16. The molecule has 0 N–H and O–H groups in total. The normalized spacial score (nSPS) is 12.5. The quantitative estimate of drug-likeness (QED) is 0.710. The van der Waals surface area contributed by atoms with Crippen molar-refractivity contribution < 1.29 is 4.79 Å². The minimum atomic E-state index is -0.0156. The first kappa shape index (κ1) is 9.90. The van der Waals surface area contributed by atoms with Gasteiger partial charge in [-0.15, -0.1) is 0 Å². The van der Waals surface area contributed by atoms with E-state index in [4.69, 9.17) is 0 Å². The predicted octanol–water partition coefficient (Wildman–Crippen LogP) is 2.47. The number of ketones is 1. The molecule has 0 spiro atoms. The molecule has 0 fully saturated rings. The van der Waals surface area contributed by atoms with E-state index in [0.29, 0.717) is 6.42 Å². The Hall–Kier alpha value is -1.18. The summed E-state index contributed by atoms with van der Waals surface area (Å²) < 4.78 is 0. The lowest BCUT2D eigenvalue weighted by atomic mass is 9.97. The molecular formula is C11H15NO. The third-order valence-electron chi connectivity index (χ3n) is 2.27. The highest BCUT2D eigenvalue weighted by atomic mass is 16.1. The van der Waals surface area contributed by atoms with Crippen LogP contribution in [0.3, 0.4) is 0 Å². The van der Waals surface area contributed by atoms with E-state index in [2.05, 4.69) is 4.98 Å². The van der Waals surface area contributed by atoms with E-state index in [0.717, 1.165) is 11.3 Å². The van der Waals surface area contributed by atoms with Gasteiger partial charge in [0.1, 0.15) is 5.78 Å². The van der Waals surface area contributed by atoms with Crippen molar-refractivity contribution >= 4 is 5.78 Å². The van der Waals surface area contributed by atoms with Crippen LogP contribution < -0.4 is 0 Å². The molecule has 0 bridgehead atoms. The summed E-state index contributed by atoms with van der Waals surface area (Å²) in [4.78, 5) is 15.5. The molecule has 0 amide bonds. The van der Waals surface area contributed by atoms with Gasteiger partial charge in [-0.25, -0.2) is 0 Å². The summed E-state index contributed by atoms with van der Waals surface area (Å²) in [5.41, 5.74) is 2.00. The standard InChI is InChI=1S/C11H15NO/c1-4-11(13)9(3)10-6-5-8(2)12-7-10/h5-7,9H,4H2,1-3H3. The first-order valence-electron chi connectivity index (χ1n) is 4.60. The minimum Gasteiger partial charge on any atom is -0.299 e. The zero-order chi connectivity index (χ0) is 9.84. The maximum atomic E-state index is 11.4. The second kappa shape index (κ2) is 4.17. The van der Waals surface area contributed by atoms with Gasteiger partial charge in [0.2, 0.25) is 0 Å². The van der Waals surface area contributed by atoms with Crippen LogP contribution in [0.1, 0.15) is 37.4 Å². The average molecular weight is 177 g/mol. The molecule has 0 aromatic carbocycles. The Morgan fingerprint density at radius 2 is 2.23 bits per heavy atom. The van der Waals surface area contributed by atoms with Gasteiger partial charge in [-0.1, -0.05) is 19.9 Å². The molecule has 70 valence electrons. The molecule has 0 saturated heterocycles. The number of nitrogens with zero attached hydrogens (tertiary/aromatic N) is 1. The fourth-order valence-corrected chi connectivity index (χ4v) is 1.23. The van der Waals surface area contributed by atoms with E-state index >= 15 is 0 Å². The molecule has 1 aromatic heterocycles. The predicted molar refractivity (Wildman–Crippen MR) is 52.7 cm³/mol. The van der Waals surface area contributed by atoms with Crippen molar-refractivity contribution in [2.75, 3.05) is 0 Å². The molecule has 0 radical (unpaired) electrons. The number of rotatable bonds is 3. The molecule has 1 atom stereocenters. The van der Waals surface area contributed by atoms with Crippen LogP contribution in [0, 0.1) is 6.92 Å². The zero-order valence-electron chi connectivity index (χ0n) is 8.37. The average Bonchev–Trinajstić information content (AvgIpc) is 2.17. The van der Waals surface area contributed by atoms with Gasteiger partial charge in [0, 0.05) is 24.2 Å². The van der Waals surface area contributed by atoms with Crippen molar-refractivity contribution in [1.29, 1.82) is 0 Å². The summed E-state index contributed by atoms with van der Waals surface area (Å²) in [6, 6.07) is 3.91. The fourth-order valence-electron chi connectivity index (χ4n) is 1.23. The zero-order valence-corrected chi connectivity index (χ0v) is 8.37. The lowest BCUT2D eigenvalue weighted by Crippen LogP contribution is -2.07. The van der Waals surface area contributed by atoms with Crippen LogP contribution in [0.5, 0.6) is 0 Å². The maximum absolute atomic E-state index is 11.4.